The Kier molecular flexibility index (Phi) is 2.04. The summed E-state index contributed by atoms with van der Waals surface area (Å²) in [5, 5.41) is 0. The van der Waals surface area contributed by atoms with Gasteiger partial charge in [0.15, 0.2) is 0 Å². The molecule has 1 amide bonds. The fourth-order valence-electron chi connectivity index (χ4n) is 2.47. The van der Waals surface area contributed by atoms with E-state index in [1.54, 1.807) is 0 Å². The number of carbonyl (C=O) groups is 1. The molecule has 1 aliphatic heterocycles. The van der Waals surface area contributed by atoms with Crippen molar-refractivity contribution in [3.63, 3.8) is 0 Å². The summed E-state index contributed by atoms with van der Waals surface area (Å²) in [6.45, 7) is 2.02. The van der Waals surface area contributed by atoms with E-state index in [2.05, 4.69) is 12.1 Å². The van der Waals surface area contributed by atoms with E-state index in [0.29, 0.717) is 6.54 Å². The molecule has 0 bridgehead atoms. The van der Waals surface area contributed by atoms with Crippen LogP contribution in [-0.2, 0) is 17.9 Å². The van der Waals surface area contributed by atoms with Gasteiger partial charge in [0.25, 0.3) is 0 Å². The lowest BCUT2D eigenvalue weighted by Gasteiger charge is -2.21. The summed E-state index contributed by atoms with van der Waals surface area (Å²) in [4.78, 5) is 14.2. The van der Waals surface area contributed by atoms with Gasteiger partial charge in [-0.25, -0.2) is 0 Å². The van der Waals surface area contributed by atoms with Crippen LogP contribution in [0.5, 0.6) is 0 Å². The Hall–Kier alpha value is -1.35. The van der Waals surface area contributed by atoms with Crippen molar-refractivity contribution in [3.8, 4) is 0 Å². The molecule has 0 aromatic heterocycles. The van der Waals surface area contributed by atoms with E-state index in [1.807, 2.05) is 17.0 Å². The highest BCUT2D eigenvalue weighted by molar-refractivity contribution is 5.86. The molecule has 1 heterocycles. The van der Waals surface area contributed by atoms with Crippen LogP contribution in [0.15, 0.2) is 24.3 Å². The van der Waals surface area contributed by atoms with Gasteiger partial charge in [-0.2, -0.15) is 0 Å². The Balaban J connectivity index is 1.79. The van der Waals surface area contributed by atoms with Gasteiger partial charge in [0.2, 0.25) is 5.91 Å². The Morgan fingerprint density at radius 1 is 1.25 bits per heavy atom. The first-order valence-corrected chi connectivity index (χ1v) is 5.81. The van der Waals surface area contributed by atoms with Gasteiger partial charge in [-0.05, 0) is 24.0 Å². The first-order chi connectivity index (χ1) is 7.75. The van der Waals surface area contributed by atoms with Gasteiger partial charge >= 0.3 is 0 Å². The predicted molar refractivity (Wildman–Crippen MR) is 61.4 cm³/mol. The molecular formula is C13H16N2O. The highest BCUT2D eigenvalue weighted by Gasteiger charge is 2.51. The molecule has 3 heteroatoms. The Bertz CT molecular complexity index is 412. The Morgan fingerprint density at radius 2 is 1.81 bits per heavy atom. The number of nitrogens with zero attached hydrogens (tertiary/aromatic N) is 1. The van der Waals surface area contributed by atoms with Gasteiger partial charge in [-0.3, -0.25) is 4.79 Å². The minimum atomic E-state index is -0.206. The molecule has 1 aliphatic carbocycles. The summed E-state index contributed by atoms with van der Waals surface area (Å²) in [6.07, 6.45) is 1.93. The lowest BCUT2D eigenvalue weighted by molar-refractivity contribution is -0.137. The minimum Gasteiger partial charge on any atom is -0.333 e. The molecule has 3 rings (SSSR count). The number of carbonyl (C=O) groups excluding carboxylic acids is 1. The smallest absolute Gasteiger partial charge is 0.230 e. The molecule has 0 radical (unpaired) electrons. The van der Waals surface area contributed by atoms with E-state index in [9.17, 15) is 4.79 Å². The second-order valence-corrected chi connectivity index (χ2v) is 4.91. The third-order valence-electron chi connectivity index (χ3n) is 3.83. The molecule has 1 aromatic carbocycles. The zero-order valence-electron chi connectivity index (χ0n) is 9.28. The number of rotatable bonds is 2. The van der Waals surface area contributed by atoms with Gasteiger partial charge in [0.1, 0.15) is 0 Å². The molecule has 3 nitrogen and oxygen atoms in total. The van der Waals surface area contributed by atoms with Crippen LogP contribution in [0.1, 0.15) is 24.0 Å². The molecule has 0 saturated heterocycles. The minimum absolute atomic E-state index is 0.206. The summed E-state index contributed by atoms with van der Waals surface area (Å²) in [5.41, 5.74) is 8.05. The average molecular weight is 216 g/mol. The van der Waals surface area contributed by atoms with Crippen LogP contribution in [0, 0.1) is 5.41 Å². The van der Waals surface area contributed by atoms with E-state index in [-0.39, 0.29) is 11.3 Å². The average Bonchev–Trinajstić information content (AvgIpc) is 3.00. The zero-order valence-corrected chi connectivity index (χ0v) is 9.28. The molecule has 2 aliphatic rings. The second-order valence-electron chi connectivity index (χ2n) is 4.91. The molecule has 1 aromatic rings. The fourth-order valence-corrected chi connectivity index (χ4v) is 2.47. The van der Waals surface area contributed by atoms with Crippen LogP contribution < -0.4 is 5.73 Å². The molecular weight excluding hydrogens is 200 g/mol. The summed E-state index contributed by atoms with van der Waals surface area (Å²) in [6, 6.07) is 8.26. The van der Waals surface area contributed by atoms with Crippen LogP contribution in [0.25, 0.3) is 0 Å². The molecule has 0 atom stereocenters. The maximum atomic E-state index is 12.3. The lowest BCUT2D eigenvalue weighted by atomic mass is 10.1. The normalized spacial score (nSPS) is 20.7. The van der Waals surface area contributed by atoms with Crippen molar-refractivity contribution in [2.75, 3.05) is 6.54 Å². The molecule has 0 spiro atoms. The molecule has 16 heavy (non-hydrogen) atoms. The fraction of sp³-hybridized carbons (Fsp3) is 0.462. The summed E-state index contributed by atoms with van der Waals surface area (Å²) in [5.74, 6) is 0.256. The predicted octanol–water partition coefficient (Wildman–Crippen LogP) is 1.27. The van der Waals surface area contributed by atoms with Crippen molar-refractivity contribution in [1.82, 2.24) is 4.90 Å². The summed E-state index contributed by atoms with van der Waals surface area (Å²) < 4.78 is 0. The maximum Gasteiger partial charge on any atom is 0.230 e. The second kappa shape index (κ2) is 3.32. The van der Waals surface area contributed by atoms with Gasteiger partial charge in [0, 0.05) is 19.6 Å². The van der Waals surface area contributed by atoms with E-state index < -0.39 is 0 Å². The Morgan fingerprint density at radius 3 is 2.25 bits per heavy atom. The Labute approximate surface area is 95.2 Å². The van der Waals surface area contributed by atoms with Crippen LogP contribution in [0.4, 0.5) is 0 Å². The zero-order chi connectivity index (χ0) is 11.2. The first kappa shape index (κ1) is 9.85. The number of amides is 1. The lowest BCUT2D eigenvalue weighted by Crippen LogP contribution is -2.37. The van der Waals surface area contributed by atoms with Gasteiger partial charge < -0.3 is 10.6 Å². The molecule has 84 valence electrons. The van der Waals surface area contributed by atoms with E-state index in [4.69, 9.17) is 5.73 Å². The van der Waals surface area contributed by atoms with Crippen molar-refractivity contribution in [2.45, 2.75) is 25.9 Å². The summed E-state index contributed by atoms with van der Waals surface area (Å²) >= 11 is 0. The number of fused-ring (bicyclic) bond motifs is 1. The van der Waals surface area contributed by atoms with E-state index in [1.165, 1.54) is 11.1 Å². The largest absolute Gasteiger partial charge is 0.333 e. The van der Waals surface area contributed by atoms with Crippen LogP contribution in [-0.4, -0.2) is 17.4 Å². The molecule has 0 unspecified atom stereocenters. The van der Waals surface area contributed by atoms with Gasteiger partial charge in [-0.15, -0.1) is 0 Å². The number of hydrogen-bond acceptors (Lipinski definition) is 2. The van der Waals surface area contributed by atoms with Gasteiger partial charge in [-0.1, -0.05) is 24.3 Å². The van der Waals surface area contributed by atoms with Gasteiger partial charge in [0.05, 0.1) is 5.41 Å². The number of hydrogen-bond donors (Lipinski definition) is 1. The van der Waals surface area contributed by atoms with Crippen LogP contribution in [0.2, 0.25) is 0 Å². The molecule has 1 fully saturated rings. The number of nitrogens with two attached hydrogens (primary N) is 1. The van der Waals surface area contributed by atoms with Crippen molar-refractivity contribution in [2.24, 2.45) is 11.1 Å². The van der Waals surface area contributed by atoms with E-state index in [0.717, 1.165) is 25.9 Å². The van der Waals surface area contributed by atoms with Crippen molar-refractivity contribution >= 4 is 5.91 Å². The molecule has 1 saturated carbocycles. The SMILES string of the molecule is NCC1(C(=O)N2Cc3ccccc3C2)CC1. The maximum absolute atomic E-state index is 12.3. The first-order valence-electron chi connectivity index (χ1n) is 5.81. The van der Waals surface area contributed by atoms with Crippen molar-refractivity contribution in [3.05, 3.63) is 35.4 Å². The monoisotopic (exact) mass is 216 g/mol. The number of benzene rings is 1. The standard InChI is InChI=1S/C13H16N2O/c14-9-13(5-6-13)12(16)15-7-10-3-1-2-4-11(10)8-15/h1-4H,5-9,14H2. The highest BCUT2D eigenvalue weighted by Crippen LogP contribution is 2.47. The van der Waals surface area contributed by atoms with Crippen molar-refractivity contribution < 1.29 is 4.79 Å². The summed E-state index contributed by atoms with van der Waals surface area (Å²) in [7, 11) is 0. The van der Waals surface area contributed by atoms with Crippen LogP contribution in [0.3, 0.4) is 0 Å². The van der Waals surface area contributed by atoms with Crippen molar-refractivity contribution in [1.29, 1.82) is 0 Å². The third kappa shape index (κ3) is 1.35. The van der Waals surface area contributed by atoms with E-state index >= 15 is 0 Å². The highest BCUT2D eigenvalue weighted by atomic mass is 16.2. The molecule has 2 N–H and O–H groups in total. The quantitative estimate of drug-likeness (QED) is 0.809. The van der Waals surface area contributed by atoms with Crippen LogP contribution >= 0.6 is 0 Å². The topological polar surface area (TPSA) is 46.3 Å². The third-order valence-corrected chi connectivity index (χ3v) is 3.83.